The van der Waals surface area contributed by atoms with E-state index in [0.29, 0.717) is 17.8 Å². The smallest absolute Gasteiger partial charge is 0.253 e. The lowest BCUT2D eigenvalue weighted by Gasteiger charge is -2.10. The number of nitrogens with one attached hydrogen (secondary N) is 2. The highest BCUT2D eigenvalue weighted by Crippen LogP contribution is 2.19. The second-order valence-corrected chi connectivity index (χ2v) is 8.62. The fourth-order valence-electron chi connectivity index (χ4n) is 3.61. The van der Waals surface area contributed by atoms with Gasteiger partial charge in [0.15, 0.2) is 0 Å². The third kappa shape index (κ3) is 5.15. The normalized spacial score (nSPS) is 10.8. The van der Waals surface area contributed by atoms with Crippen LogP contribution in [0.25, 0.3) is 0 Å². The van der Waals surface area contributed by atoms with E-state index in [4.69, 9.17) is 0 Å². The van der Waals surface area contributed by atoms with E-state index in [1.165, 1.54) is 4.88 Å². The maximum absolute atomic E-state index is 12.8. The van der Waals surface area contributed by atoms with Crippen molar-refractivity contribution >= 4 is 28.8 Å². The van der Waals surface area contributed by atoms with Crippen molar-refractivity contribution in [2.45, 2.75) is 33.5 Å². The summed E-state index contributed by atoms with van der Waals surface area (Å²) in [7, 11) is 0. The number of carbonyl (C=O) groups is 2. The van der Waals surface area contributed by atoms with E-state index < -0.39 is 0 Å². The number of carbonyl (C=O) groups excluding carboxylic acids is 2. The molecule has 1 aromatic carbocycles. The summed E-state index contributed by atoms with van der Waals surface area (Å²) in [6.07, 6.45) is 3.37. The Hall–Kier alpha value is -3.65. The molecule has 0 aliphatic rings. The number of aryl methyl sites for hydroxylation is 1. The van der Waals surface area contributed by atoms with Crippen molar-refractivity contribution < 1.29 is 9.59 Å². The van der Waals surface area contributed by atoms with E-state index >= 15 is 0 Å². The Labute approximate surface area is 190 Å². The van der Waals surface area contributed by atoms with Gasteiger partial charge in [0.05, 0.1) is 12.1 Å². The van der Waals surface area contributed by atoms with Gasteiger partial charge in [-0.1, -0.05) is 18.2 Å². The largest absolute Gasteiger partial charge is 0.348 e. The van der Waals surface area contributed by atoms with Crippen LogP contribution in [0.2, 0.25) is 0 Å². The molecular weight excluding hydrogens is 422 g/mol. The number of rotatable bonds is 8. The molecule has 0 aliphatic heterocycles. The van der Waals surface area contributed by atoms with Crippen LogP contribution < -0.4 is 10.6 Å². The molecule has 0 fully saturated rings. The van der Waals surface area contributed by atoms with Gasteiger partial charge in [0.25, 0.3) is 5.91 Å². The van der Waals surface area contributed by atoms with Gasteiger partial charge in [-0.05, 0) is 55.1 Å². The summed E-state index contributed by atoms with van der Waals surface area (Å²) in [5.41, 5.74) is 4.28. The fraction of sp³-hybridized carbons (Fsp3) is 0.208. The standard InChI is InChI=1S/C24H25N5O2S/c1-17-12-22(18(2)29(17)15-21-8-4-11-32-21)24(31)25-14-19-6-3-7-20(13-19)27-23(30)16-28-10-5-9-26-28/h3-13H,14-16H2,1-2H3,(H,25,31)(H,27,30). The molecule has 0 saturated carbocycles. The maximum atomic E-state index is 12.8. The minimum Gasteiger partial charge on any atom is -0.348 e. The monoisotopic (exact) mass is 447 g/mol. The number of aromatic nitrogens is 3. The summed E-state index contributed by atoms with van der Waals surface area (Å²) in [5.74, 6) is -0.267. The van der Waals surface area contributed by atoms with Crippen molar-refractivity contribution in [3.8, 4) is 0 Å². The first kappa shape index (κ1) is 21.6. The van der Waals surface area contributed by atoms with E-state index in [9.17, 15) is 9.59 Å². The number of anilines is 1. The molecule has 164 valence electrons. The Morgan fingerprint density at radius 3 is 2.72 bits per heavy atom. The van der Waals surface area contributed by atoms with Gasteiger partial charge in [-0.3, -0.25) is 14.3 Å². The summed E-state index contributed by atoms with van der Waals surface area (Å²) < 4.78 is 3.73. The molecule has 0 spiro atoms. The third-order valence-corrected chi connectivity index (χ3v) is 6.10. The Kier molecular flexibility index (Phi) is 6.51. The van der Waals surface area contributed by atoms with Gasteiger partial charge in [-0.15, -0.1) is 11.3 Å². The number of benzene rings is 1. The van der Waals surface area contributed by atoms with E-state index in [1.54, 1.807) is 34.5 Å². The summed E-state index contributed by atoms with van der Waals surface area (Å²) in [6.45, 7) is 5.28. The van der Waals surface area contributed by atoms with Crippen LogP contribution in [0.3, 0.4) is 0 Å². The predicted molar refractivity (Wildman–Crippen MR) is 126 cm³/mol. The van der Waals surface area contributed by atoms with E-state index in [2.05, 4.69) is 31.7 Å². The molecule has 0 unspecified atom stereocenters. The minimum atomic E-state index is -0.159. The zero-order valence-corrected chi connectivity index (χ0v) is 18.9. The first-order valence-electron chi connectivity index (χ1n) is 10.3. The summed E-state index contributed by atoms with van der Waals surface area (Å²) in [4.78, 5) is 26.3. The topological polar surface area (TPSA) is 81.0 Å². The highest BCUT2D eigenvalue weighted by molar-refractivity contribution is 7.09. The van der Waals surface area contributed by atoms with Crippen LogP contribution in [-0.4, -0.2) is 26.2 Å². The quantitative estimate of drug-likeness (QED) is 0.429. The Morgan fingerprint density at radius 2 is 1.97 bits per heavy atom. The van der Waals surface area contributed by atoms with Crippen LogP contribution in [0.4, 0.5) is 5.69 Å². The van der Waals surface area contributed by atoms with E-state index in [-0.39, 0.29) is 18.4 Å². The molecule has 32 heavy (non-hydrogen) atoms. The molecule has 0 atom stereocenters. The van der Waals surface area contributed by atoms with Gasteiger partial charge in [-0.25, -0.2) is 0 Å². The molecule has 0 saturated heterocycles. The zero-order chi connectivity index (χ0) is 22.5. The molecule has 4 rings (SSSR count). The second-order valence-electron chi connectivity index (χ2n) is 7.59. The average molecular weight is 448 g/mol. The SMILES string of the molecule is Cc1cc(C(=O)NCc2cccc(NC(=O)Cn3cccn3)c2)c(C)n1Cc1cccs1. The van der Waals surface area contributed by atoms with Crippen LogP contribution in [0.15, 0.2) is 66.3 Å². The van der Waals surface area contributed by atoms with Gasteiger partial charge in [-0.2, -0.15) is 5.10 Å². The number of amides is 2. The number of thiophene rings is 1. The molecule has 3 heterocycles. The third-order valence-electron chi connectivity index (χ3n) is 5.24. The molecule has 7 nitrogen and oxygen atoms in total. The number of hydrogen-bond donors (Lipinski definition) is 2. The van der Waals surface area contributed by atoms with Crippen molar-refractivity contribution in [1.29, 1.82) is 0 Å². The Morgan fingerprint density at radius 1 is 1.09 bits per heavy atom. The molecule has 2 N–H and O–H groups in total. The molecule has 3 aromatic heterocycles. The van der Waals surface area contributed by atoms with Crippen molar-refractivity contribution in [1.82, 2.24) is 19.7 Å². The minimum absolute atomic E-state index is 0.108. The van der Waals surface area contributed by atoms with Gasteiger partial charge >= 0.3 is 0 Å². The lowest BCUT2D eigenvalue weighted by Crippen LogP contribution is -2.23. The predicted octanol–water partition coefficient (Wildman–Crippen LogP) is 3.98. The van der Waals surface area contributed by atoms with Gasteiger partial charge in [0, 0.05) is 40.9 Å². The fourth-order valence-corrected chi connectivity index (χ4v) is 4.30. The molecule has 4 aromatic rings. The second kappa shape index (κ2) is 9.65. The lowest BCUT2D eigenvalue weighted by molar-refractivity contribution is -0.116. The van der Waals surface area contributed by atoms with Crippen molar-refractivity contribution in [2.24, 2.45) is 0 Å². The lowest BCUT2D eigenvalue weighted by atomic mass is 10.2. The van der Waals surface area contributed by atoms with Crippen LogP contribution >= 0.6 is 11.3 Å². The van der Waals surface area contributed by atoms with E-state index in [0.717, 1.165) is 23.5 Å². The molecular formula is C24H25N5O2S. The molecule has 8 heteroatoms. The first-order valence-corrected chi connectivity index (χ1v) is 11.2. The summed E-state index contributed by atoms with van der Waals surface area (Å²) in [6, 6.07) is 15.3. The van der Waals surface area contributed by atoms with Crippen molar-refractivity contribution in [3.05, 3.63) is 93.7 Å². The maximum Gasteiger partial charge on any atom is 0.253 e. The average Bonchev–Trinajstić information content (AvgIpc) is 3.52. The van der Waals surface area contributed by atoms with Crippen LogP contribution in [0, 0.1) is 13.8 Å². The Bertz CT molecular complexity index is 1210. The first-order chi connectivity index (χ1) is 15.5. The van der Waals surface area contributed by atoms with Crippen LogP contribution in [-0.2, 0) is 24.4 Å². The van der Waals surface area contributed by atoms with Crippen molar-refractivity contribution in [3.63, 3.8) is 0 Å². The zero-order valence-electron chi connectivity index (χ0n) is 18.0. The van der Waals surface area contributed by atoms with Crippen molar-refractivity contribution in [2.75, 3.05) is 5.32 Å². The van der Waals surface area contributed by atoms with Gasteiger partial charge < -0.3 is 15.2 Å². The van der Waals surface area contributed by atoms with E-state index in [1.807, 2.05) is 50.2 Å². The van der Waals surface area contributed by atoms with Crippen LogP contribution in [0.5, 0.6) is 0 Å². The molecule has 0 bridgehead atoms. The summed E-state index contributed by atoms with van der Waals surface area (Å²) >= 11 is 1.71. The number of hydrogen-bond acceptors (Lipinski definition) is 4. The summed E-state index contributed by atoms with van der Waals surface area (Å²) in [5, 5.41) is 12.0. The number of nitrogens with zero attached hydrogens (tertiary/aromatic N) is 3. The highest BCUT2D eigenvalue weighted by atomic mass is 32.1. The molecule has 0 radical (unpaired) electrons. The van der Waals surface area contributed by atoms with Gasteiger partial charge in [0.2, 0.25) is 5.91 Å². The Balaban J connectivity index is 1.37. The highest BCUT2D eigenvalue weighted by Gasteiger charge is 2.16. The molecule has 2 amide bonds. The van der Waals surface area contributed by atoms with Gasteiger partial charge in [0.1, 0.15) is 6.54 Å². The van der Waals surface area contributed by atoms with Crippen LogP contribution in [0.1, 0.15) is 32.2 Å². The molecule has 0 aliphatic carbocycles.